The summed E-state index contributed by atoms with van der Waals surface area (Å²) in [4.78, 5) is 18.1. The molecule has 0 spiro atoms. The van der Waals surface area contributed by atoms with Crippen molar-refractivity contribution in [3.8, 4) is 0 Å². The smallest absolute Gasteiger partial charge is 0.226 e. The highest BCUT2D eigenvalue weighted by atomic mass is 32.1. The number of hydrogen-bond acceptors (Lipinski definition) is 5. The second-order valence-corrected chi connectivity index (χ2v) is 6.05. The van der Waals surface area contributed by atoms with Gasteiger partial charge in [0.05, 0.1) is 18.2 Å². The molecule has 0 aliphatic carbocycles. The van der Waals surface area contributed by atoms with Crippen molar-refractivity contribution in [2.75, 3.05) is 20.1 Å². The van der Waals surface area contributed by atoms with Crippen LogP contribution in [0.4, 0.5) is 0 Å². The lowest BCUT2D eigenvalue weighted by Crippen LogP contribution is -2.24. The van der Waals surface area contributed by atoms with Gasteiger partial charge in [0.25, 0.3) is 0 Å². The first kappa shape index (κ1) is 14.4. The molecule has 1 aliphatic heterocycles. The van der Waals surface area contributed by atoms with Crippen LogP contribution in [0.15, 0.2) is 5.38 Å². The minimum absolute atomic E-state index is 0.00348. The number of carbonyl (C=O) groups excluding carboxylic acids is 1. The van der Waals surface area contributed by atoms with Crippen LogP contribution >= 0.6 is 11.3 Å². The number of hydrogen-bond donors (Lipinski definition) is 2. The third-order valence-electron chi connectivity index (χ3n) is 3.57. The van der Waals surface area contributed by atoms with E-state index in [9.17, 15) is 9.90 Å². The molecule has 0 saturated carbocycles. The molecule has 106 valence electrons. The first-order valence-corrected chi connectivity index (χ1v) is 7.50. The Morgan fingerprint density at radius 1 is 1.74 bits per heavy atom. The lowest BCUT2D eigenvalue weighted by Gasteiger charge is -2.16. The number of rotatable bonds is 5. The van der Waals surface area contributed by atoms with E-state index in [2.05, 4.69) is 15.2 Å². The van der Waals surface area contributed by atoms with Crippen molar-refractivity contribution in [3.63, 3.8) is 0 Å². The minimum atomic E-state index is -0.232. The maximum atomic E-state index is 11.3. The Morgan fingerprint density at radius 3 is 3.16 bits per heavy atom. The summed E-state index contributed by atoms with van der Waals surface area (Å²) in [6, 6.07) is 0. The summed E-state index contributed by atoms with van der Waals surface area (Å²) in [6.07, 6.45) is 1.17. The molecule has 19 heavy (non-hydrogen) atoms. The highest BCUT2D eigenvalue weighted by molar-refractivity contribution is 7.09. The standard InChI is InChI=1S/C13H21N3O2S/c1-9(17)10-3-4-16(6-10)7-11-8-19-13(15-11)5-12(18)14-2/h8-10,17H,3-7H2,1-2H3,(H,14,18). The molecule has 1 aromatic rings. The van der Waals surface area contributed by atoms with Crippen molar-refractivity contribution < 1.29 is 9.90 Å². The summed E-state index contributed by atoms with van der Waals surface area (Å²) in [5.74, 6) is 0.375. The van der Waals surface area contributed by atoms with Crippen molar-refractivity contribution in [1.29, 1.82) is 0 Å². The van der Waals surface area contributed by atoms with E-state index in [-0.39, 0.29) is 12.0 Å². The predicted octanol–water partition coefficient (Wildman–Crippen LogP) is 0.634. The van der Waals surface area contributed by atoms with Gasteiger partial charge >= 0.3 is 0 Å². The molecule has 2 atom stereocenters. The quantitative estimate of drug-likeness (QED) is 0.832. The number of likely N-dealkylation sites (N-methyl/N-ethyl adjacent to an activating group) is 1. The monoisotopic (exact) mass is 283 g/mol. The third kappa shape index (κ3) is 3.99. The molecule has 2 rings (SSSR count). The first-order chi connectivity index (χ1) is 9.08. The number of carbonyl (C=O) groups is 1. The Morgan fingerprint density at radius 2 is 2.53 bits per heavy atom. The van der Waals surface area contributed by atoms with Gasteiger partial charge in [-0.2, -0.15) is 0 Å². The van der Waals surface area contributed by atoms with Crippen LogP contribution in [0.25, 0.3) is 0 Å². The Bertz CT molecular complexity index is 433. The zero-order valence-corrected chi connectivity index (χ0v) is 12.2. The molecular formula is C13H21N3O2S. The maximum absolute atomic E-state index is 11.3. The van der Waals surface area contributed by atoms with E-state index in [0.717, 1.165) is 36.8 Å². The third-order valence-corrected chi connectivity index (χ3v) is 4.46. The molecule has 0 bridgehead atoms. The van der Waals surface area contributed by atoms with Gasteiger partial charge in [0, 0.05) is 25.5 Å². The van der Waals surface area contributed by atoms with E-state index < -0.39 is 0 Å². The summed E-state index contributed by atoms with van der Waals surface area (Å²) < 4.78 is 0. The molecule has 1 amide bonds. The van der Waals surface area contributed by atoms with E-state index in [1.165, 1.54) is 11.3 Å². The van der Waals surface area contributed by atoms with Crippen molar-refractivity contribution >= 4 is 17.2 Å². The summed E-state index contributed by atoms with van der Waals surface area (Å²) in [7, 11) is 1.64. The highest BCUT2D eigenvalue weighted by Crippen LogP contribution is 2.22. The van der Waals surface area contributed by atoms with Gasteiger partial charge in [-0.3, -0.25) is 9.69 Å². The van der Waals surface area contributed by atoms with Crippen molar-refractivity contribution in [2.24, 2.45) is 5.92 Å². The van der Waals surface area contributed by atoms with Gasteiger partial charge < -0.3 is 10.4 Å². The SMILES string of the molecule is CNC(=O)Cc1nc(CN2CCC(C(C)O)C2)cs1. The van der Waals surface area contributed by atoms with Gasteiger partial charge in [0.15, 0.2) is 0 Å². The number of aliphatic hydroxyl groups is 1. The van der Waals surface area contributed by atoms with E-state index >= 15 is 0 Å². The van der Waals surface area contributed by atoms with Gasteiger partial charge in [-0.1, -0.05) is 0 Å². The van der Waals surface area contributed by atoms with E-state index in [0.29, 0.717) is 12.3 Å². The zero-order chi connectivity index (χ0) is 13.8. The summed E-state index contributed by atoms with van der Waals surface area (Å²) in [5, 5.41) is 15.1. The Balaban J connectivity index is 1.85. The average Bonchev–Trinajstić information content (AvgIpc) is 2.99. The summed E-state index contributed by atoms with van der Waals surface area (Å²) in [5.41, 5.74) is 1.02. The molecule has 5 nitrogen and oxygen atoms in total. The number of thiazole rings is 1. The lowest BCUT2D eigenvalue weighted by atomic mass is 10.0. The van der Waals surface area contributed by atoms with Crippen LogP contribution in [0.1, 0.15) is 24.0 Å². The normalized spacial score (nSPS) is 21.5. The molecular weight excluding hydrogens is 262 g/mol. The Labute approximate surface area is 117 Å². The van der Waals surface area contributed by atoms with Gasteiger partial charge in [0.2, 0.25) is 5.91 Å². The molecule has 1 saturated heterocycles. The second-order valence-electron chi connectivity index (χ2n) is 5.11. The van der Waals surface area contributed by atoms with E-state index in [4.69, 9.17) is 0 Å². The van der Waals surface area contributed by atoms with Gasteiger partial charge in [-0.15, -0.1) is 11.3 Å². The van der Waals surface area contributed by atoms with Crippen LogP contribution < -0.4 is 5.32 Å². The predicted molar refractivity (Wildman–Crippen MR) is 74.9 cm³/mol. The fourth-order valence-corrected chi connectivity index (χ4v) is 3.14. The molecule has 2 heterocycles. The summed E-state index contributed by atoms with van der Waals surface area (Å²) >= 11 is 1.54. The van der Waals surface area contributed by atoms with Gasteiger partial charge in [-0.05, 0) is 25.8 Å². The number of aromatic nitrogens is 1. The van der Waals surface area contributed by atoms with Crippen LogP contribution in [0, 0.1) is 5.92 Å². The summed E-state index contributed by atoms with van der Waals surface area (Å²) in [6.45, 7) is 4.61. The highest BCUT2D eigenvalue weighted by Gasteiger charge is 2.26. The van der Waals surface area contributed by atoms with E-state index in [1.54, 1.807) is 7.05 Å². The second kappa shape index (κ2) is 6.45. The minimum Gasteiger partial charge on any atom is -0.393 e. The number of nitrogens with one attached hydrogen (secondary N) is 1. The zero-order valence-electron chi connectivity index (χ0n) is 11.4. The topological polar surface area (TPSA) is 65.5 Å². The van der Waals surface area contributed by atoms with Gasteiger partial charge in [0.1, 0.15) is 5.01 Å². The fourth-order valence-electron chi connectivity index (χ4n) is 2.36. The molecule has 2 N–H and O–H groups in total. The maximum Gasteiger partial charge on any atom is 0.226 e. The Hall–Kier alpha value is -0.980. The van der Waals surface area contributed by atoms with Crippen LogP contribution in [0.3, 0.4) is 0 Å². The van der Waals surface area contributed by atoms with Crippen molar-refractivity contribution in [3.05, 3.63) is 16.1 Å². The number of likely N-dealkylation sites (tertiary alicyclic amines) is 1. The number of aliphatic hydroxyl groups excluding tert-OH is 1. The van der Waals surface area contributed by atoms with Crippen molar-refractivity contribution in [2.45, 2.75) is 32.4 Å². The van der Waals surface area contributed by atoms with Crippen LogP contribution in [0.2, 0.25) is 0 Å². The number of nitrogens with zero attached hydrogens (tertiary/aromatic N) is 2. The van der Waals surface area contributed by atoms with Crippen LogP contribution in [-0.4, -0.2) is 47.1 Å². The van der Waals surface area contributed by atoms with Crippen LogP contribution in [-0.2, 0) is 17.8 Å². The van der Waals surface area contributed by atoms with Gasteiger partial charge in [-0.25, -0.2) is 4.98 Å². The molecule has 6 heteroatoms. The molecule has 1 aromatic heterocycles. The molecule has 0 aromatic carbocycles. The molecule has 0 radical (unpaired) electrons. The fraction of sp³-hybridized carbons (Fsp3) is 0.692. The number of amides is 1. The van der Waals surface area contributed by atoms with Crippen molar-refractivity contribution in [1.82, 2.24) is 15.2 Å². The molecule has 2 unspecified atom stereocenters. The molecule has 1 fully saturated rings. The Kier molecular flexibility index (Phi) is 4.90. The van der Waals surface area contributed by atoms with E-state index in [1.807, 2.05) is 12.3 Å². The first-order valence-electron chi connectivity index (χ1n) is 6.62. The largest absolute Gasteiger partial charge is 0.393 e. The average molecular weight is 283 g/mol. The lowest BCUT2D eigenvalue weighted by molar-refractivity contribution is -0.119. The molecule has 1 aliphatic rings. The van der Waals surface area contributed by atoms with Crippen LogP contribution in [0.5, 0.6) is 0 Å².